The third kappa shape index (κ3) is 3.74. The number of ether oxygens (including phenoxy) is 1. The molecule has 7 nitrogen and oxygen atoms in total. The molecule has 2 aliphatic rings. The van der Waals surface area contributed by atoms with E-state index in [9.17, 15) is 9.59 Å². The molecule has 2 heterocycles. The molecule has 0 radical (unpaired) electrons. The fourth-order valence-electron chi connectivity index (χ4n) is 2.89. The van der Waals surface area contributed by atoms with Gasteiger partial charge < -0.3 is 21.1 Å². The maximum atomic E-state index is 12.0. The number of esters is 1. The first-order valence-corrected chi connectivity index (χ1v) is 7.43. The van der Waals surface area contributed by atoms with Crippen LogP contribution in [0, 0.1) is 5.92 Å². The molecule has 1 saturated heterocycles. The molecule has 2 atom stereocenters. The molecule has 0 aromatic rings. The molecule has 7 heteroatoms. The third-order valence-corrected chi connectivity index (χ3v) is 4.06. The second kappa shape index (κ2) is 6.91. The van der Waals surface area contributed by atoms with Gasteiger partial charge in [0.1, 0.15) is 0 Å². The van der Waals surface area contributed by atoms with Crippen molar-refractivity contribution in [2.24, 2.45) is 11.7 Å². The molecule has 2 aliphatic heterocycles. The first kappa shape index (κ1) is 15.8. The maximum absolute atomic E-state index is 12.0. The summed E-state index contributed by atoms with van der Waals surface area (Å²) in [5.74, 6) is 0.103. The predicted octanol–water partition coefficient (Wildman–Crippen LogP) is -0.214. The molecule has 0 aliphatic carbocycles. The number of carbonyl (C=O) groups excluding carboxylic acids is 2. The van der Waals surface area contributed by atoms with Gasteiger partial charge in [0.2, 0.25) is 0 Å². The number of hydrogen-bond acceptors (Lipinski definition) is 5. The second-order valence-corrected chi connectivity index (χ2v) is 5.60. The van der Waals surface area contributed by atoms with Crippen LogP contribution in [0.5, 0.6) is 0 Å². The Hall–Kier alpha value is -1.60. The Labute approximate surface area is 124 Å². The number of amides is 2. The summed E-state index contributed by atoms with van der Waals surface area (Å²) in [6, 6.07) is 0.113. The number of nitrogens with one attached hydrogen (secondary N) is 2. The molecule has 0 spiro atoms. The predicted molar refractivity (Wildman–Crippen MR) is 78.4 cm³/mol. The third-order valence-electron chi connectivity index (χ3n) is 4.06. The second-order valence-electron chi connectivity index (χ2n) is 5.60. The van der Waals surface area contributed by atoms with E-state index in [0.29, 0.717) is 42.9 Å². The lowest BCUT2D eigenvalue weighted by Crippen LogP contribution is -2.47. The first-order chi connectivity index (χ1) is 10.0. The van der Waals surface area contributed by atoms with Gasteiger partial charge in [0, 0.05) is 24.8 Å². The highest BCUT2D eigenvalue weighted by Crippen LogP contribution is 2.23. The quantitative estimate of drug-likeness (QED) is 0.610. The number of urea groups is 1. The monoisotopic (exact) mass is 296 g/mol. The first-order valence-electron chi connectivity index (χ1n) is 7.43. The Bertz CT molecular complexity index is 450. The standard InChI is InChI=1S/C14H24N4O3/c1-3-21-13(19)11-6-16-14(20)17-12(11)8-18-7-10(5-15)4-9(18)2/h9-10H,3-8,15H2,1-2H3,(H2,16,17,20). The molecule has 118 valence electrons. The van der Waals surface area contributed by atoms with E-state index in [1.54, 1.807) is 6.92 Å². The van der Waals surface area contributed by atoms with Crippen LogP contribution in [0.2, 0.25) is 0 Å². The van der Waals surface area contributed by atoms with Crippen molar-refractivity contribution in [1.82, 2.24) is 15.5 Å². The van der Waals surface area contributed by atoms with Crippen molar-refractivity contribution in [2.75, 3.05) is 32.8 Å². The van der Waals surface area contributed by atoms with Gasteiger partial charge in [-0.05, 0) is 32.7 Å². The average Bonchev–Trinajstić information content (AvgIpc) is 2.80. The molecule has 0 aromatic heterocycles. The number of hydrogen-bond donors (Lipinski definition) is 3. The summed E-state index contributed by atoms with van der Waals surface area (Å²) >= 11 is 0. The SMILES string of the molecule is CCOC(=O)C1=C(CN2CC(CN)CC2C)NC(=O)NC1. The molecule has 4 N–H and O–H groups in total. The maximum Gasteiger partial charge on any atom is 0.337 e. The van der Waals surface area contributed by atoms with E-state index in [2.05, 4.69) is 22.5 Å². The number of likely N-dealkylation sites (tertiary alicyclic amines) is 1. The van der Waals surface area contributed by atoms with E-state index in [4.69, 9.17) is 10.5 Å². The minimum Gasteiger partial charge on any atom is -0.463 e. The van der Waals surface area contributed by atoms with Gasteiger partial charge in [0.25, 0.3) is 0 Å². The largest absolute Gasteiger partial charge is 0.463 e. The zero-order chi connectivity index (χ0) is 15.4. The molecular formula is C14H24N4O3. The summed E-state index contributed by atoms with van der Waals surface area (Å²) in [5.41, 5.74) is 6.88. The Morgan fingerprint density at radius 1 is 1.52 bits per heavy atom. The van der Waals surface area contributed by atoms with E-state index in [0.717, 1.165) is 13.0 Å². The summed E-state index contributed by atoms with van der Waals surface area (Å²) in [6.07, 6.45) is 1.05. The van der Waals surface area contributed by atoms with E-state index in [1.165, 1.54) is 0 Å². The van der Waals surface area contributed by atoms with E-state index >= 15 is 0 Å². The van der Waals surface area contributed by atoms with Crippen LogP contribution in [0.15, 0.2) is 11.3 Å². The summed E-state index contributed by atoms with van der Waals surface area (Å²) in [6.45, 7) is 6.53. The van der Waals surface area contributed by atoms with Crippen LogP contribution < -0.4 is 16.4 Å². The zero-order valence-electron chi connectivity index (χ0n) is 12.6. The normalized spacial score (nSPS) is 26.5. The Morgan fingerprint density at radius 2 is 2.29 bits per heavy atom. The molecule has 0 bridgehead atoms. The molecule has 0 aromatic carbocycles. The lowest BCUT2D eigenvalue weighted by atomic mass is 10.1. The van der Waals surface area contributed by atoms with Crippen LogP contribution in [0.4, 0.5) is 4.79 Å². The van der Waals surface area contributed by atoms with Crippen LogP contribution in [-0.4, -0.2) is 55.7 Å². The van der Waals surface area contributed by atoms with Crippen LogP contribution in [0.3, 0.4) is 0 Å². The molecule has 21 heavy (non-hydrogen) atoms. The van der Waals surface area contributed by atoms with Gasteiger partial charge in [-0.2, -0.15) is 0 Å². The van der Waals surface area contributed by atoms with Gasteiger partial charge in [0.05, 0.1) is 18.7 Å². The van der Waals surface area contributed by atoms with Crippen molar-refractivity contribution in [3.63, 3.8) is 0 Å². The molecule has 2 amide bonds. The Kier molecular flexibility index (Phi) is 5.19. The van der Waals surface area contributed by atoms with Gasteiger partial charge >= 0.3 is 12.0 Å². The van der Waals surface area contributed by atoms with Gasteiger partial charge in [-0.1, -0.05) is 0 Å². The minimum atomic E-state index is -0.373. The van der Waals surface area contributed by atoms with Crippen molar-refractivity contribution >= 4 is 12.0 Å². The topological polar surface area (TPSA) is 96.7 Å². The molecular weight excluding hydrogens is 272 g/mol. The molecule has 2 unspecified atom stereocenters. The van der Waals surface area contributed by atoms with Crippen molar-refractivity contribution in [1.29, 1.82) is 0 Å². The van der Waals surface area contributed by atoms with Crippen LogP contribution in [-0.2, 0) is 9.53 Å². The number of nitrogens with two attached hydrogens (primary N) is 1. The van der Waals surface area contributed by atoms with Crippen molar-refractivity contribution in [2.45, 2.75) is 26.3 Å². The highest BCUT2D eigenvalue weighted by molar-refractivity contribution is 5.93. The summed E-state index contributed by atoms with van der Waals surface area (Å²) < 4.78 is 5.05. The lowest BCUT2D eigenvalue weighted by molar-refractivity contribution is -0.138. The van der Waals surface area contributed by atoms with Crippen LogP contribution >= 0.6 is 0 Å². The van der Waals surface area contributed by atoms with Crippen LogP contribution in [0.1, 0.15) is 20.3 Å². The van der Waals surface area contributed by atoms with E-state index < -0.39 is 0 Å². The smallest absolute Gasteiger partial charge is 0.337 e. The van der Waals surface area contributed by atoms with Crippen molar-refractivity contribution < 1.29 is 14.3 Å². The highest BCUT2D eigenvalue weighted by Gasteiger charge is 2.31. The summed E-state index contributed by atoms with van der Waals surface area (Å²) in [4.78, 5) is 25.8. The van der Waals surface area contributed by atoms with Gasteiger partial charge in [-0.3, -0.25) is 4.90 Å². The summed E-state index contributed by atoms with van der Waals surface area (Å²) in [5, 5.41) is 5.35. The zero-order valence-corrected chi connectivity index (χ0v) is 12.6. The molecule has 2 rings (SSSR count). The minimum absolute atomic E-state index is 0.211. The van der Waals surface area contributed by atoms with Crippen molar-refractivity contribution in [3.05, 3.63) is 11.3 Å². The Balaban J connectivity index is 2.12. The molecule has 0 saturated carbocycles. The van der Waals surface area contributed by atoms with Gasteiger partial charge in [-0.15, -0.1) is 0 Å². The van der Waals surface area contributed by atoms with Crippen LogP contribution in [0.25, 0.3) is 0 Å². The average molecular weight is 296 g/mol. The summed E-state index contributed by atoms with van der Waals surface area (Å²) in [7, 11) is 0. The lowest BCUT2D eigenvalue weighted by Gasteiger charge is -2.27. The fourth-order valence-corrected chi connectivity index (χ4v) is 2.89. The van der Waals surface area contributed by atoms with Gasteiger partial charge in [0.15, 0.2) is 0 Å². The number of carbonyl (C=O) groups is 2. The number of nitrogens with zero attached hydrogens (tertiary/aromatic N) is 1. The fraction of sp³-hybridized carbons (Fsp3) is 0.714. The molecule has 1 fully saturated rings. The van der Waals surface area contributed by atoms with Crippen molar-refractivity contribution in [3.8, 4) is 0 Å². The van der Waals surface area contributed by atoms with Gasteiger partial charge in [-0.25, -0.2) is 9.59 Å². The number of rotatable bonds is 5. The van der Waals surface area contributed by atoms with E-state index in [1.807, 2.05) is 0 Å². The Morgan fingerprint density at radius 3 is 2.90 bits per heavy atom. The van der Waals surface area contributed by atoms with E-state index in [-0.39, 0.29) is 18.5 Å². The highest BCUT2D eigenvalue weighted by atomic mass is 16.5.